The van der Waals surface area contributed by atoms with Gasteiger partial charge < -0.3 is 0 Å². The zero-order chi connectivity index (χ0) is 17.4. The fourth-order valence-electron chi connectivity index (χ4n) is 3.49. The van der Waals surface area contributed by atoms with Crippen LogP contribution in [0.25, 0.3) is 5.57 Å². The molecular weight excluding hydrogens is 355 g/mol. The molecule has 0 aliphatic heterocycles. The molecule has 3 rings (SSSR count). The van der Waals surface area contributed by atoms with Crippen molar-refractivity contribution in [2.45, 2.75) is 64.8 Å². The molecule has 4 heteroatoms. The van der Waals surface area contributed by atoms with Gasteiger partial charge in [0.05, 0.1) is 8.80 Å². The van der Waals surface area contributed by atoms with Crippen molar-refractivity contribution in [3.05, 3.63) is 40.5 Å². The number of aryl methyl sites for hydroxylation is 2. The highest BCUT2D eigenvalue weighted by atomic mass is 35.7. The molecule has 0 bridgehead atoms. The lowest BCUT2D eigenvalue weighted by atomic mass is 9.94. The molecule has 1 radical (unpaired) electrons. The fourth-order valence-corrected chi connectivity index (χ4v) is 4.86. The predicted octanol–water partition coefficient (Wildman–Crippen LogP) is 6.77. The van der Waals surface area contributed by atoms with E-state index in [1.165, 1.54) is 19.3 Å². The van der Waals surface area contributed by atoms with E-state index in [1.54, 1.807) is 27.8 Å². The van der Waals surface area contributed by atoms with Gasteiger partial charge in [-0.3, -0.25) is 0 Å². The first-order valence-electron chi connectivity index (χ1n) is 8.63. The van der Waals surface area contributed by atoms with Crippen LogP contribution in [0.4, 0.5) is 0 Å². The zero-order valence-electron chi connectivity index (χ0n) is 15.3. The van der Waals surface area contributed by atoms with Gasteiger partial charge in [0, 0.05) is 0 Å². The van der Waals surface area contributed by atoms with Crippen molar-refractivity contribution < 1.29 is 0 Å². The summed E-state index contributed by atoms with van der Waals surface area (Å²) >= 11 is 10.9. The van der Waals surface area contributed by atoms with E-state index < -0.39 is 6.69 Å². The Labute approximate surface area is 154 Å². The molecule has 127 valence electrons. The molecule has 0 spiro atoms. The summed E-state index contributed by atoms with van der Waals surface area (Å²) < 4.78 is 0. The molecule has 23 heavy (non-hydrogen) atoms. The molecular formula is C19H29Cl2Si2. The SMILES string of the molecule is CC(C)C1=CC([Si](C)C)c2cc3c(cc21)CCC3.C[Si](C)(Cl)Cl. The van der Waals surface area contributed by atoms with Gasteiger partial charge in [-0.25, -0.2) is 0 Å². The second-order valence-corrected chi connectivity index (χ2v) is 19.4. The lowest BCUT2D eigenvalue weighted by molar-refractivity contribution is 0.856. The Balaban J connectivity index is 0.000000338. The quantitative estimate of drug-likeness (QED) is 0.390. The minimum atomic E-state index is -1.67. The number of hydrogen-bond donors (Lipinski definition) is 0. The highest BCUT2D eigenvalue weighted by Gasteiger charge is 2.29. The Morgan fingerprint density at radius 2 is 1.61 bits per heavy atom. The molecule has 1 atom stereocenters. The largest absolute Gasteiger partial charge is 0.245 e. The average Bonchev–Trinajstić information content (AvgIpc) is 2.96. The first-order chi connectivity index (χ1) is 10.6. The third kappa shape index (κ3) is 4.98. The van der Waals surface area contributed by atoms with Gasteiger partial charge in [-0.1, -0.05) is 45.2 Å². The van der Waals surface area contributed by atoms with Crippen LogP contribution in [0.15, 0.2) is 18.2 Å². The maximum absolute atomic E-state index is 5.43. The predicted molar refractivity (Wildman–Crippen MR) is 111 cm³/mol. The second-order valence-electron chi connectivity index (χ2n) is 7.72. The Kier molecular flexibility index (Phi) is 6.27. The van der Waals surface area contributed by atoms with Gasteiger partial charge in [-0.15, -0.1) is 22.2 Å². The van der Waals surface area contributed by atoms with Gasteiger partial charge in [0.2, 0.25) is 6.69 Å². The standard InChI is InChI=1S/C17H23Si.C2H6Cl2Si/c1-11(2)14-10-17(18(3)4)16-9-13-7-5-6-12(13)8-15(14)16;1-5(2,3)4/h8-11,17H,5-7H2,1-4H3;1-2H3. The summed E-state index contributed by atoms with van der Waals surface area (Å²) in [5.74, 6) is 0.662. The molecule has 1 unspecified atom stereocenters. The van der Waals surface area contributed by atoms with Crippen molar-refractivity contribution in [3.63, 3.8) is 0 Å². The van der Waals surface area contributed by atoms with Crippen molar-refractivity contribution in [1.82, 2.24) is 0 Å². The van der Waals surface area contributed by atoms with Crippen LogP contribution in [-0.2, 0) is 12.8 Å². The smallest absolute Gasteiger partial charge is 0.146 e. The van der Waals surface area contributed by atoms with Crippen molar-refractivity contribution in [1.29, 1.82) is 0 Å². The lowest BCUT2D eigenvalue weighted by Crippen LogP contribution is -2.12. The van der Waals surface area contributed by atoms with Gasteiger partial charge in [-0.2, -0.15) is 0 Å². The summed E-state index contributed by atoms with van der Waals surface area (Å²) in [4.78, 5) is 0. The number of allylic oxidation sites excluding steroid dienone is 2. The molecule has 1 aromatic carbocycles. The van der Waals surface area contributed by atoms with Crippen molar-refractivity contribution in [3.8, 4) is 0 Å². The van der Waals surface area contributed by atoms with Crippen LogP contribution in [0.1, 0.15) is 48.1 Å². The lowest BCUT2D eigenvalue weighted by Gasteiger charge is -2.15. The molecule has 0 saturated carbocycles. The van der Waals surface area contributed by atoms with Crippen LogP contribution in [-0.4, -0.2) is 15.5 Å². The van der Waals surface area contributed by atoms with E-state index >= 15 is 0 Å². The van der Waals surface area contributed by atoms with E-state index in [0.717, 1.165) is 5.54 Å². The zero-order valence-corrected chi connectivity index (χ0v) is 18.8. The molecule has 2 aliphatic rings. The van der Waals surface area contributed by atoms with Crippen LogP contribution < -0.4 is 0 Å². The van der Waals surface area contributed by atoms with Crippen molar-refractivity contribution >= 4 is 43.2 Å². The first kappa shape index (κ1) is 19.3. The molecule has 0 fully saturated rings. The Bertz CT molecular complexity index is 592. The van der Waals surface area contributed by atoms with E-state index in [1.807, 2.05) is 13.1 Å². The van der Waals surface area contributed by atoms with Gasteiger partial charge in [-0.05, 0) is 71.6 Å². The molecule has 0 heterocycles. The molecule has 0 aromatic heterocycles. The van der Waals surface area contributed by atoms with Crippen LogP contribution in [0.3, 0.4) is 0 Å². The maximum Gasteiger partial charge on any atom is 0.245 e. The summed E-state index contributed by atoms with van der Waals surface area (Å²) in [5.41, 5.74) is 8.85. The second kappa shape index (κ2) is 7.47. The highest BCUT2D eigenvalue weighted by Crippen LogP contribution is 2.43. The number of fused-ring (bicyclic) bond motifs is 2. The molecule has 1 aromatic rings. The van der Waals surface area contributed by atoms with Crippen molar-refractivity contribution in [2.75, 3.05) is 0 Å². The summed E-state index contributed by atoms with van der Waals surface area (Å²) in [5, 5.41) is 0. The topological polar surface area (TPSA) is 0 Å². The van der Waals surface area contributed by atoms with E-state index in [2.05, 4.69) is 45.2 Å². The van der Waals surface area contributed by atoms with Crippen molar-refractivity contribution in [2.24, 2.45) is 5.92 Å². The van der Waals surface area contributed by atoms with Gasteiger partial charge in [0.25, 0.3) is 0 Å². The van der Waals surface area contributed by atoms with Crippen LogP contribution >= 0.6 is 22.2 Å². The molecule has 0 nitrogen and oxygen atoms in total. The number of halogens is 2. The number of benzene rings is 1. The van der Waals surface area contributed by atoms with E-state index in [-0.39, 0.29) is 8.80 Å². The maximum atomic E-state index is 5.43. The minimum Gasteiger partial charge on any atom is -0.146 e. The Morgan fingerprint density at radius 3 is 2.09 bits per heavy atom. The summed E-state index contributed by atoms with van der Waals surface area (Å²) in [6.07, 6.45) is 6.55. The van der Waals surface area contributed by atoms with E-state index in [4.69, 9.17) is 22.2 Å². The molecule has 0 saturated heterocycles. The Hall–Kier alpha value is -0.0262. The number of rotatable bonds is 2. The van der Waals surface area contributed by atoms with Gasteiger partial charge in [0.1, 0.15) is 0 Å². The van der Waals surface area contributed by atoms with Gasteiger partial charge >= 0.3 is 0 Å². The molecule has 0 N–H and O–H groups in total. The normalized spacial score (nSPS) is 19.4. The summed E-state index contributed by atoms with van der Waals surface area (Å²) in [6, 6.07) is 5.07. The number of hydrogen-bond acceptors (Lipinski definition) is 0. The summed E-state index contributed by atoms with van der Waals surface area (Å²) in [7, 11) is -0.283. The fraction of sp³-hybridized carbons (Fsp3) is 0.579. The Morgan fingerprint density at radius 1 is 1.09 bits per heavy atom. The van der Waals surface area contributed by atoms with E-state index in [0.29, 0.717) is 5.92 Å². The first-order valence-corrected chi connectivity index (χ1v) is 16.2. The molecule has 0 amide bonds. The third-order valence-corrected chi connectivity index (χ3v) is 6.22. The highest BCUT2D eigenvalue weighted by molar-refractivity contribution is 7.44. The van der Waals surface area contributed by atoms with Gasteiger partial charge in [0.15, 0.2) is 0 Å². The third-order valence-electron chi connectivity index (χ3n) is 4.50. The monoisotopic (exact) mass is 383 g/mol. The summed E-state index contributed by atoms with van der Waals surface area (Å²) in [6.45, 7) is 11.6. The minimum absolute atomic E-state index is 0.283. The average molecular weight is 385 g/mol. The van der Waals surface area contributed by atoms with E-state index in [9.17, 15) is 0 Å². The van der Waals surface area contributed by atoms with Crippen LogP contribution in [0.2, 0.25) is 26.2 Å². The van der Waals surface area contributed by atoms with Crippen LogP contribution in [0.5, 0.6) is 0 Å². The molecule has 2 aliphatic carbocycles. The van der Waals surface area contributed by atoms with Crippen LogP contribution in [0, 0.1) is 5.92 Å².